The van der Waals surface area contributed by atoms with E-state index in [0.717, 1.165) is 23.8 Å². The first-order chi connectivity index (χ1) is 9.83. The number of imidazole rings is 1. The Hall–Kier alpha value is -1.39. The van der Waals surface area contributed by atoms with Crippen molar-refractivity contribution < 1.29 is 0 Å². The molecule has 4 nitrogen and oxygen atoms in total. The average Bonchev–Trinajstić information content (AvgIpc) is 3.22. The molecule has 2 aliphatic rings. The third kappa shape index (κ3) is 2.13. The van der Waals surface area contributed by atoms with Crippen LogP contribution in [0.2, 0.25) is 0 Å². The molecule has 2 aromatic rings. The van der Waals surface area contributed by atoms with E-state index in [1.165, 1.54) is 32.2 Å². The number of nitrogens with two attached hydrogens (primary N) is 1. The van der Waals surface area contributed by atoms with Crippen molar-refractivity contribution in [1.29, 1.82) is 0 Å². The highest BCUT2D eigenvalue weighted by molar-refractivity contribution is 5.40. The summed E-state index contributed by atoms with van der Waals surface area (Å²) in [5.41, 5.74) is 8.67. The van der Waals surface area contributed by atoms with Crippen molar-refractivity contribution in [3.63, 3.8) is 0 Å². The number of hydrogen-bond donors (Lipinski definition) is 1. The maximum Gasteiger partial charge on any atom is 0.137 e. The van der Waals surface area contributed by atoms with Crippen LogP contribution in [0.1, 0.15) is 43.8 Å². The highest BCUT2D eigenvalue weighted by Crippen LogP contribution is 2.38. The Morgan fingerprint density at radius 2 is 2.05 bits per heavy atom. The lowest BCUT2D eigenvalue weighted by Crippen LogP contribution is -2.41. The zero-order chi connectivity index (χ0) is 13.5. The monoisotopic (exact) mass is 270 g/mol. The van der Waals surface area contributed by atoms with Gasteiger partial charge in [-0.15, -0.1) is 0 Å². The first-order valence-corrected chi connectivity index (χ1v) is 7.78. The summed E-state index contributed by atoms with van der Waals surface area (Å²) in [5, 5.41) is 0. The molecule has 2 unspecified atom stereocenters. The van der Waals surface area contributed by atoms with Gasteiger partial charge in [-0.05, 0) is 44.4 Å². The molecule has 0 spiro atoms. The van der Waals surface area contributed by atoms with Gasteiger partial charge >= 0.3 is 0 Å². The second kappa shape index (κ2) is 4.86. The fourth-order valence-corrected chi connectivity index (χ4v) is 3.52. The molecule has 1 aliphatic heterocycles. The Morgan fingerprint density at radius 1 is 1.15 bits per heavy atom. The van der Waals surface area contributed by atoms with Crippen LogP contribution in [0, 0.1) is 0 Å². The molecule has 2 aromatic heterocycles. The molecule has 1 aliphatic carbocycles. The first kappa shape index (κ1) is 12.4. The van der Waals surface area contributed by atoms with Crippen molar-refractivity contribution in [3.8, 4) is 0 Å². The lowest BCUT2D eigenvalue weighted by molar-refractivity contribution is 0.172. The van der Waals surface area contributed by atoms with Crippen LogP contribution in [-0.4, -0.2) is 32.9 Å². The summed E-state index contributed by atoms with van der Waals surface area (Å²) >= 11 is 0. The molecule has 2 atom stereocenters. The molecule has 4 rings (SSSR count). The summed E-state index contributed by atoms with van der Waals surface area (Å²) in [7, 11) is 0. The molecular formula is C16H22N4. The second-order valence-corrected chi connectivity index (χ2v) is 6.21. The number of nitrogens with zero attached hydrogens (tertiary/aromatic N) is 3. The summed E-state index contributed by atoms with van der Waals surface area (Å²) in [6.07, 6.45) is 10.5. The third-order valence-electron chi connectivity index (χ3n) is 4.67. The highest BCUT2D eigenvalue weighted by atomic mass is 15.2. The molecule has 0 aromatic carbocycles. The van der Waals surface area contributed by atoms with Gasteiger partial charge in [0, 0.05) is 24.5 Å². The average molecular weight is 270 g/mol. The van der Waals surface area contributed by atoms with Gasteiger partial charge in [0.25, 0.3) is 0 Å². The van der Waals surface area contributed by atoms with Crippen LogP contribution in [0.5, 0.6) is 0 Å². The first-order valence-electron chi connectivity index (χ1n) is 7.78. The minimum absolute atomic E-state index is 0.211. The van der Waals surface area contributed by atoms with E-state index in [1.807, 2.05) is 12.1 Å². The Bertz CT molecular complexity index is 568. The van der Waals surface area contributed by atoms with E-state index in [0.29, 0.717) is 6.04 Å². The molecule has 1 saturated carbocycles. The van der Waals surface area contributed by atoms with E-state index in [-0.39, 0.29) is 6.04 Å². The second-order valence-electron chi connectivity index (χ2n) is 6.21. The molecule has 4 heteroatoms. The highest BCUT2D eigenvalue weighted by Gasteiger charge is 2.39. The molecule has 106 valence electrons. The van der Waals surface area contributed by atoms with Crippen LogP contribution in [0.3, 0.4) is 0 Å². The van der Waals surface area contributed by atoms with Gasteiger partial charge in [-0.25, -0.2) is 4.98 Å². The van der Waals surface area contributed by atoms with E-state index in [1.54, 1.807) is 0 Å². The standard InChI is InChI=1S/C16H22N4/c17-13-5-1-4-10-20(12-7-8-12)16(13)14-11-19-9-3-2-6-15(19)18-14/h2-3,6,9,11-13,16H,1,4-5,7-8,10,17H2. The Kier molecular flexibility index (Phi) is 3.00. The molecule has 0 amide bonds. The number of hydrogen-bond acceptors (Lipinski definition) is 3. The van der Waals surface area contributed by atoms with Crippen molar-refractivity contribution in [2.45, 2.75) is 50.2 Å². The molecule has 2 fully saturated rings. The number of fused-ring (bicyclic) bond motifs is 1. The smallest absolute Gasteiger partial charge is 0.137 e. The van der Waals surface area contributed by atoms with Crippen molar-refractivity contribution >= 4 is 5.65 Å². The Morgan fingerprint density at radius 3 is 2.85 bits per heavy atom. The predicted molar refractivity (Wildman–Crippen MR) is 79.5 cm³/mol. The van der Waals surface area contributed by atoms with Gasteiger partial charge < -0.3 is 10.1 Å². The van der Waals surface area contributed by atoms with Crippen LogP contribution >= 0.6 is 0 Å². The predicted octanol–water partition coefficient (Wildman–Crippen LogP) is 2.35. The maximum absolute atomic E-state index is 6.50. The zero-order valence-electron chi connectivity index (χ0n) is 11.8. The Balaban J connectivity index is 1.74. The fraction of sp³-hybridized carbons (Fsp3) is 0.562. The van der Waals surface area contributed by atoms with Crippen LogP contribution < -0.4 is 5.73 Å². The van der Waals surface area contributed by atoms with Crippen molar-refractivity contribution in [2.75, 3.05) is 6.54 Å². The molecule has 20 heavy (non-hydrogen) atoms. The Labute approximate surface area is 119 Å². The van der Waals surface area contributed by atoms with Gasteiger partial charge in [-0.2, -0.15) is 0 Å². The fourth-order valence-electron chi connectivity index (χ4n) is 3.52. The topological polar surface area (TPSA) is 46.6 Å². The number of pyridine rings is 1. The largest absolute Gasteiger partial charge is 0.326 e. The van der Waals surface area contributed by atoms with Gasteiger partial charge in [0.2, 0.25) is 0 Å². The van der Waals surface area contributed by atoms with E-state index in [9.17, 15) is 0 Å². The third-order valence-corrected chi connectivity index (χ3v) is 4.67. The van der Waals surface area contributed by atoms with Crippen molar-refractivity contribution in [3.05, 3.63) is 36.3 Å². The minimum atomic E-state index is 0.211. The molecule has 2 N–H and O–H groups in total. The van der Waals surface area contributed by atoms with Gasteiger partial charge in [-0.1, -0.05) is 12.5 Å². The van der Waals surface area contributed by atoms with Crippen LogP contribution in [-0.2, 0) is 0 Å². The summed E-state index contributed by atoms with van der Waals surface area (Å²) in [6, 6.07) is 7.40. The van der Waals surface area contributed by atoms with E-state index >= 15 is 0 Å². The molecule has 0 bridgehead atoms. The van der Waals surface area contributed by atoms with E-state index < -0.39 is 0 Å². The number of likely N-dealkylation sites (tertiary alicyclic amines) is 1. The van der Waals surface area contributed by atoms with E-state index in [4.69, 9.17) is 10.7 Å². The molecule has 1 saturated heterocycles. The zero-order valence-corrected chi connectivity index (χ0v) is 11.8. The van der Waals surface area contributed by atoms with Crippen LogP contribution in [0.15, 0.2) is 30.6 Å². The SMILES string of the molecule is NC1CCCCN(C2CC2)C1c1cn2ccccc2n1. The lowest BCUT2D eigenvalue weighted by Gasteiger charge is -2.32. The van der Waals surface area contributed by atoms with Gasteiger partial charge in [0.05, 0.1) is 11.7 Å². The quantitative estimate of drug-likeness (QED) is 0.911. The van der Waals surface area contributed by atoms with Crippen LogP contribution in [0.4, 0.5) is 0 Å². The summed E-state index contributed by atoms with van der Waals surface area (Å²) in [6.45, 7) is 1.18. The van der Waals surface area contributed by atoms with Crippen LogP contribution in [0.25, 0.3) is 5.65 Å². The summed E-state index contributed by atoms with van der Waals surface area (Å²) in [5.74, 6) is 0. The molecular weight excluding hydrogens is 248 g/mol. The van der Waals surface area contributed by atoms with Gasteiger partial charge in [0.15, 0.2) is 0 Å². The van der Waals surface area contributed by atoms with Gasteiger partial charge in [0.1, 0.15) is 5.65 Å². The van der Waals surface area contributed by atoms with Crippen molar-refractivity contribution in [1.82, 2.24) is 14.3 Å². The number of rotatable bonds is 2. The lowest BCUT2D eigenvalue weighted by atomic mass is 10.0. The summed E-state index contributed by atoms with van der Waals surface area (Å²) in [4.78, 5) is 7.45. The maximum atomic E-state index is 6.50. The van der Waals surface area contributed by atoms with E-state index in [2.05, 4.69) is 27.8 Å². The summed E-state index contributed by atoms with van der Waals surface area (Å²) < 4.78 is 2.11. The molecule has 0 radical (unpaired) electrons. The van der Waals surface area contributed by atoms with Crippen molar-refractivity contribution in [2.24, 2.45) is 5.73 Å². The minimum Gasteiger partial charge on any atom is -0.326 e. The number of aromatic nitrogens is 2. The molecule has 3 heterocycles. The normalized spacial score (nSPS) is 28.6. The van der Waals surface area contributed by atoms with Gasteiger partial charge in [-0.3, -0.25) is 4.90 Å².